The van der Waals surface area contributed by atoms with E-state index in [1.54, 1.807) is 12.1 Å². The maximum absolute atomic E-state index is 12.1. The second-order valence-corrected chi connectivity index (χ2v) is 4.30. The number of ether oxygens (including phenoxy) is 1. The van der Waals surface area contributed by atoms with Gasteiger partial charge in [0.15, 0.2) is 0 Å². The molecule has 1 aliphatic carbocycles. The predicted molar refractivity (Wildman–Crippen MR) is 63.0 cm³/mol. The van der Waals surface area contributed by atoms with Crippen LogP contribution in [0.2, 0.25) is 0 Å². The van der Waals surface area contributed by atoms with Gasteiger partial charge in [0.25, 0.3) is 0 Å². The molecule has 1 atom stereocenters. The molecule has 0 spiro atoms. The van der Waals surface area contributed by atoms with Gasteiger partial charge < -0.3 is 10.1 Å². The highest BCUT2D eigenvalue weighted by Crippen LogP contribution is 2.34. The van der Waals surface area contributed by atoms with E-state index in [1.807, 2.05) is 0 Å². The van der Waals surface area contributed by atoms with Crippen LogP contribution < -0.4 is 10.1 Å². The molecular weight excluding hydrogens is 264 g/mol. The lowest BCUT2D eigenvalue weighted by molar-refractivity contribution is -0.119. The number of amides is 1. The quantitative estimate of drug-likeness (QED) is 0.858. The van der Waals surface area contributed by atoms with Crippen LogP contribution in [0.4, 0.5) is 8.78 Å². The molecule has 1 aliphatic rings. The molecule has 1 amide bonds. The smallest absolute Gasteiger partial charge is 0.387 e. The second-order valence-electron chi connectivity index (χ2n) is 4.03. The first-order chi connectivity index (χ1) is 8.60. The monoisotopic (exact) mass is 275 g/mol. The van der Waals surface area contributed by atoms with E-state index < -0.39 is 6.61 Å². The van der Waals surface area contributed by atoms with Crippen LogP contribution in [0.25, 0.3) is 0 Å². The number of nitrogens with one attached hydrogen (secondary N) is 1. The summed E-state index contributed by atoms with van der Waals surface area (Å²) in [5.41, 5.74) is 1.86. The SMILES string of the molecule is O=C(CCl)N[C@@H]1CCc2ccc(OC(F)F)cc21. The second kappa shape index (κ2) is 5.52. The molecule has 1 aromatic carbocycles. The molecule has 18 heavy (non-hydrogen) atoms. The van der Waals surface area contributed by atoms with Crippen LogP contribution >= 0.6 is 11.6 Å². The van der Waals surface area contributed by atoms with Gasteiger partial charge in [-0.1, -0.05) is 6.07 Å². The Morgan fingerprint density at radius 3 is 3.00 bits per heavy atom. The van der Waals surface area contributed by atoms with Crippen molar-refractivity contribution in [2.45, 2.75) is 25.5 Å². The summed E-state index contributed by atoms with van der Waals surface area (Å²) in [6.07, 6.45) is 1.55. The van der Waals surface area contributed by atoms with Gasteiger partial charge in [-0.25, -0.2) is 0 Å². The molecule has 98 valence electrons. The summed E-state index contributed by atoms with van der Waals surface area (Å²) in [6.45, 7) is -2.85. The van der Waals surface area contributed by atoms with Crippen molar-refractivity contribution in [1.29, 1.82) is 0 Å². The number of rotatable bonds is 4. The van der Waals surface area contributed by atoms with Gasteiger partial charge in [-0.15, -0.1) is 11.6 Å². The summed E-state index contributed by atoms with van der Waals surface area (Å²) in [5.74, 6) is -0.274. The van der Waals surface area contributed by atoms with Crippen molar-refractivity contribution in [2.75, 3.05) is 5.88 Å². The zero-order chi connectivity index (χ0) is 13.1. The summed E-state index contributed by atoms with van der Waals surface area (Å²) >= 11 is 5.42. The number of aryl methyl sites for hydroxylation is 1. The largest absolute Gasteiger partial charge is 0.435 e. The molecule has 1 N–H and O–H groups in total. The number of benzene rings is 1. The Hall–Kier alpha value is -1.36. The Kier molecular flexibility index (Phi) is 4.01. The van der Waals surface area contributed by atoms with Crippen molar-refractivity contribution in [3.8, 4) is 5.75 Å². The lowest BCUT2D eigenvalue weighted by Gasteiger charge is -2.14. The van der Waals surface area contributed by atoms with Gasteiger partial charge in [-0.05, 0) is 36.1 Å². The fourth-order valence-electron chi connectivity index (χ4n) is 2.14. The Labute approximate surface area is 108 Å². The van der Waals surface area contributed by atoms with Crippen LogP contribution in [0.15, 0.2) is 18.2 Å². The lowest BCUT2D eigenvalue weighted by atomic mass is 10.1. The normalized spacial score (nSPS) is 17.7. The average molecular weight is 276 g/mol. The molecule has 0 unspecified atom stereocenters. The minimum absolute atomic E-state index is 0.107. The maximum Gasteiger partial charge on any atom is 0.387 e. The Balaban J connectivity index is 2.16. The van der Waals surface area contributed by atoms with Crippen LogP contribution in [0.5, 0.6) is 5.75 Å². The molecule has 0 saturated heterocycles. The zero-order valence-electron chi connectivity index (χ0n) is 9.46. The number of hydrogen-bond donors (Lipinski definition) is 1. The van der Waals surface area contributed by atoms with Crippen LogP contribution in [-0.2, 0) is 11.2 Å². The molecule has 0 aliphatic heterocycles. The number of halogens is 3. The zero-order valence-corrected chi connectivity index (χ0v) is 10.2. The Bertz CT molecular complexity index is 454. The number of fused-ring (bicyclic) bond motifs is 1. The fraction of sp³-hybridized carbons (Fsp3) is 0.417. The fourth-order valence-corrected chi connectivity index (χ4v) is 2.22. The molecular formula is C12H12ClF2NO2. The molecule has 0 radical (unpaired) electrons. The van der Waals surface area contributed by atoms with Crippen molar-refractivity contribution >= 4 is 17.5 Å². The number of alkyl halides is 3. The Morgan fingerprint density at radius 2 is 2.33 bits per heavy atom. The predicted octanol–water partition coefficient (Wildman–Crippen LogP) is 2.63. The van der Waals surface area contributed by atoms with Crippen LogP contribution in [0, 0.1) is 0 Å². The van der Waals surface area contributed by atoms with Crippen molar-refractivity contribution in [3.05, 3.63) is 29.3 Å². The molecule has 2 rings (SSSR count). The van der Waals surface area contributed by atoms with E-state index in [0.717, 1.165) is 24.0 Å². The first-order valence-electron chi connectivity index (χ1n) is 5.53. The van der Waals surface area contributed by atoms with Gasteiger partial charge in [0.2, 0.25) is 5.91 Å². The molecule has 0 bridgehead atoms. The van der Waals surface area contributed by atoms with Gasteiger partial charge in [0, 0.05) is 0 Å². The molecule has 3 nitrogen and oxygen atoms in total. The highest BCUT2D eigenvalue weighted by molar-refractivity contribution is 6.27. The molecule has 0 fully saturated rings. The van der Waals surface area contributed by atoms with E-state index >= 15 is 0 Å². The Morgan fingerprint density at radius 1 is 1.56 bits per heavy atom. The van der Waals surface area contributed by atoms with E-state index in [1.165, 1.54) is 6.07 Å². The van der Waals surface area contributed by atoms with Gasteiger partial charge in [0.1, 0.15) is 11.6 Å². The van der Waals surface area contributed by atoms with Gasteiger partial charge in [-0.3, -0.25) is 4.79 Å². The number of carbonyl (C=O) groups excluding carboxylic acids is 1. The van der Waals surface area contributed by atoms with E-state index in [9.17, 15) is 13.6 Å². The maximum atomic E-state index is 12.1. The molecule has 0 saturated carbocycles. The molecule has 1 aromatic rings. The van der Waals surface area contributed by atoms with Crippen molar-refractivity contribution in [1.82, 2.24) is 5.32 Å². The van der Waals surface area contributed by atoms with Crippen LogP contribution in [-0.4, -0.2) is 18.4 Å². The van der Waals surface area contributed by atoms with E-state index in [4.69, 9.17) is 11.6 Å². The summed E-state index contributed by atoms with van der Waals surface area (Å²) in [7, 11) is 0. The summed E-state index contributed by atoms with van der Waals surface area (Å²) in [5, 5.41) is 2.75. The van der Waals surface area contributed by atoms with Gasteiger partial charge in [0.05, 0.1) is 6.04 Å². The topological polar surface area (TPSA) is 38.3 Å². The van der Waals surface area contributed by atoms with E-state index in [2.05, 4.69) is 10.1 Å². The third kappa shape index (κ3) is 2.90. The number of carbonyl (C=O) groups is 1. The first-order valence-corrected chi connectivity index (χ1v) is 6.06. The van der Waals surface area contributed by atoms with Crippen LogP contribution in [0.3, 0.4) is 0 Å². The molecule has 0 aromatic heterocycles. The van der Waals surface area contributed by atoms with Crippen LogP contribution in [0.1, 0.15) is 23.6 Å². The summed E-state index contributed by atoms with van der Waals surface area (Å²) in [6, 6.07) is 4.64. The van der Waals surface area contributed by atoms with E-state index in [0.29, 0.717) is 0 Å². The third-order valence-corrected chi connectivity index (χ3v) is 3.12. The van der Waals surface area contributed by atoms with Gasteiger partial charge in [-0.2, -0.15) is 8.78 Å². The van der Waals surface area contributed by atoms with Gasteiger partial charge >= 0.3 is 6.61 Å². The summed E-state index contributed by atoms with van der Waals surface area (Å²) in [4.78, 5) is 11.2. The van der Waals surface area contributed by atoms with Crippen molar-refractivity contribution in [3.63, 3.8) is 0 Å². The molecule has 0 heterocycles. The summed E-state index contributed by atoms with van der Waals surface area (Å²) < 4.78 is 28.6. The molecule has 6 heteroatoms. The first kappa shape index (κ1) is 13.1. The van der Waals surface area contributed by atoms with Crippen molar-refractivity contribution < 1.29 is 18.3 Å². The standard InChI is InChI=1S/C12H12ClF2NO2/c13-6-11(17)16-10-4-2-7-1-3-8(5-9(7)10)18-12(14)15/h1,3,5,10,12H,2,4,6H2,(H,16,17)/t10-/m1/s1. The highest BCUT2D eigenvalue weighted by atomic mass is 35.5. The minimum Gasteiger partial charge on any atom is -0.435 e. The highest BCUT2D eigenvalue weighted by Gasteiger charge is 2.24. The van der Waals surface area contributed by atoms with Crippen molar-refractivity contribution in [2.24, 2.45) is 0 Å². The lowest BCUT2D eigenvalue weighted by Crippen LogP contribution is -2.27. The third-order valence-electron chi connectivity index (χ3n) is 2.88. The van der Waals surface area contributed by atoms with E-state index in [-0.39, 0.29) is 23.6 Å². The average Bonchev–Trinajstić information content (AvgIpc) is 2.71. The minimum atomic E-state index is -2.85. The number of hydrogen-bond acceptors (Lipinski definition) is 2.